The molecule has 0 spiro atoms. The summed E-state index contributed by atoms with van der Waals surface area (Å²) in [7, 11) is 0. The van der Waals surface area contributed by atoms with Crippen molar-refractivity contribution in [3.05, 3.63) is 64.7 Å². The Morgan fingerprint density at radius 3 is 2.59 bits per heavy atom. The molecule has 0 aliphatic rings. The summed E-state index contributed by atoms with van der Waals surface area (Å²) in [6.07, 6.45) is 0. The van der Waals surface area contributed by atoms with Crippen molar-refractivity contribution >= 4 is 21.6 Å². The van der Waals surface area contributed by atoms with E-state index >= 15 is 0 Å². The van der Waals surface area contributed by atoms with Gasteiger partial charge in [-0.05, 0) is 30.2 Å². The standard InChI is InChI=1S/C18H21N3S/c1-14-20-17-8-7-16(11-18(17)22-14)13-21(10-9-19)12-15-5-3-2-4-6-15/h2-8,11H,9-10,12-13,19H2,1H3. The lowest BCUT2D eigenvalue weighted by atomic mass is 10.1. The van der Waals surface area contributed by atoms with E-state index in [2.05, 4.69) is 65.3 Å². The second-order valence-electron chi connectivity index (χ2n) is 5.52. The van der Waals surface area contributed by atoms with Crippen LogP contribution in [-0.2, 0) is 13.1 Å². The minimum Gasteiger partial charge on any atom is -0.329 e. The fraction of sp³-hybridized carbons (Fsp3) is 0.278. The van der Waals surface area contributed by atoms with Gasteiger partial charge in [0.2, 0.25) is 0 Å². The van der Waals surface area contributed by atoms with Crippen molar-refractivity contribution < 1.29 is 0 Å². The highest BCUT2D eigenvalue weighted by Crippen LogP contribution is 2.23. The molecule has 0 saturated heterocycles. The molecule has 0 amide bonds. The molecular formula is C18H21N3S. The molecule has 114 valence electrons. The Hall–Kier alpha value is -1.75. The van der Waals surface area contributed by atoms with Crippen LogP contribution in [0.25, 0.3) is 10.2 Å². The summed E-state index contributed by atoms with van der Waals surface area (Å²) in [5.74, 6) is 0. The molecule has 3 aromatic rings. The molecule has 0 aliphatic carbocycles. The lowest BCUT2D eigenvalue weighted by Gasteiger charge is -2.21. The molecule has 0 atom stereocenters. The molecule has 0 aliphatic heterocycles. The van der Waals surface area contributed by atoms with Crippen molar-refractivity contribution in [3.8, 4) is 0 Å². The number of nitrogens with two attached hydrogens (primary N) is 1. The number of fused-ring (bicyclic) bond motifs is 1. The number of rotatable bonds is 6. The first-order valence-corrected chi connectivity index (χ1v) is 8.38. The number of thiazole rings is 1. The summed E-state index contributed by atoms with van der Waals surface area (Å²) in [5, 5.41) is 1.12. The lowest BCUT2D eigenvalue weighted by molar-refractivity contribution is 0.264. The lowest BCUT2D eigenvalue weighted by Crippen LogP contribution is -2.28. The number of aromatic nitrogens is 1. The minimum atomic E-state index is 0.675. The van der Waals surface area contributed by atoms with E-state index in [-0.39, 0.29) is 0 Å². The summed E-state index contributed by atoms with van der Waals surface area (Å²) in [4.78, 5) is 6.92. The van der Waals surface area contributed by atoms with Gasteiger partial charge in [-0.15, -0.1) is 11.3 Å². The van der Waals surface area contributed by atoms with Crippen LogP contribution < -0.4 is 5.73 Å². The van der Waals surface area contributed by atoms with E-state index in [4.69, 9.17) is 5.73 Å². The molecule has 4 heteroatoms. The molecule has 0 radical (unpaired) electrons. The first-order chi connectivity index (χ1) is 10.7. The Morgan fingerprint density at radius 2 is 1.82 bits per heavy atom. The van der Waals surface area contributed by atoms with Crippen LogP contribution in [0.15, 0.2) is 48.5 Å². The molecular weight excluding hydrogens is 290 g/mol. The number of nitrogens with zero attached hydrogens (tertiary/aromatic N) is 2. The van der Waals surface area contributed by atoms with Crippen molar-refractivity contribution in [2.24, 2.45) is 5.73 Å². The molecule has 2 N–H and O–H groups in total. The van der Waals surface area contributed by atoms with Gasteiger partial charge in [0.05, 0.1) is 15.2 Å². The molecule has 0 fully saturated rings. The Balaban J connectivity index is 1.76. The first kappa shape index (κ1) is 15.2. The van der Waals surface area contributed by atoms with Gasteiger partial charge in [-0.3, -0.25) is 4.90 Å². The highest BCUT2D eigenvalue weighted by molar-refractivity contribution is 7.18. The molecule has 1 heterocycles. The number of hydrogen-bond acceptors (Lipinski definition) is 4. The third-order valence-corrected chi connectivity index (χ3v) is 4.59. The summed E-state index contributed by atoms with van der Waals surface area (Å²) < 4.78 is 1.27. The minimum absolute atomic E-state index is 0.675. The van der Waals surface area contributed by atoms with Crippen molar-refractivity contribution in [1.29, 1.82) is 0 Å². The van der Waals surface area contributed by atoms with Crippen molar-refractivity contribution in [3.63, 3.8) is 0 Å². The normalized spacial score (nSPS) is 11.4. The van der Waals surface area contributed by atoms with Crippen molar-refractivity contribution in [2.45, 2.75) is 20.0 Å². The van der Waals surface area contributed by atoms with Crippen LogP contribution in [0, 0.1) is 6.92 Å². The average Bonchev–Trinajstić information content (AvgIpc) is 2.88. The van der Waals surface area contributed by atoms with Gasteiger partial charge in [0.15, 0.2) is 0 Å². The summed E-state index contributed by atoms with van der Waals surface area (Å²) in [5.41, 5.74) is 9.52. The quantitative estimate of drug-likeness (QED) is 0.757. The smallest absolute Gasteiger partial charge is 0.0907 e. The van der Waals surface area contributed by atoms with Crippen LogP contribution >= 0.6 is 11.3 Å². The van der Waals surface area contributed by atoms with Crippen LogP contribution in [0.1, 0.15) is 16.1 Å². The van der Waals surface area contributed by atoms with E-state index < -0.39 is 0 Å². The van der Waals surface area contributed by atoms with Gasteiger partial charge in [-0.2, -0.15) is 0 Å². The van der Waals surface area contributed by atoms with Gasteiger partial charge in [0, 0.05) is 26.2 Å². The topological polar surface area (TPSA) is 42.2 Å². The third-order valence-electron chi connectivity index (χ3n) is 3.66. The molecule has 1 aromatic heterocycles. The van der Waals surface area contributed by atoms with Crippen LogP contribution in [0.2, 0.25) is 0 Å². The Bertz CT molecular complexity index is 736. The van der Waals surface area contributed by atoms with E-state index in [0.717, 1.165) is 30.2 Å². The molecule has 22 heavy (non-hydrogen) atoms. The zero-order valence-corrected chi connectivity index (χ0v) is 13.6. The Kier molecular flexibility index (Phi) is 4.83. The van der Waals surface area contributed by atoms with Crippen LogP contribution in [0.5, 0.6) is 0 Å². The average molecular weight is 311 g/mol. The maximum Gasteiger partial charge on any atom is 0.0907 e. The van der Waals surface area contributed by atoms with Gasteiger partial charge < -0.3 is 5.73 Å². The summed E-state index contributed by atoms with van der Waals surface area (Å²) in [6.45, 7) is 5.47. The summed E-state index contributed by atoms with van der Waals surface area (Å²) >= 11 is 1.76. The van der Waals surface area contributed by atoms with Crippen LogP contribution in [-0.4, -0.2) is 23.0 Å². The number of aryl methyl sites for hydroxylation is 1. The van der Waals surface area contributed by atoms with Gasteiger partial charge in [-0.1, -0.05) is 36.4 Å². The Labute approximate surface area is 135 Å². The van der Waals surface area contributed by atoms with Crippen molar-refractivity contribution in [2.75, 3.05) is 13.1 Å². The molecule has 3 rings (SSSR count). The molecule has 2 aromatic carbocycles. The van der Waals surface area contributed by atoms with Gasteiger partial charge in [-0.25, -0.2) is 4.98 Å². The number of hydrogen-bond donors (Lipinski definition) is 1. The second-order valence-corrected chi connectivity index (χ2v) is 6.75. The predicted octanol–water partition coefficient (Wildman–Crippen LogP) is 3.57. The van der Waals surface area contributed by atoms with Gasteiger partial charge in [0.1, 0.15) is 0 Å². The van der Waals surface area contributed by atoms with Crippen LogP contribution in [0.3, 0.4) is 0 Å². The fourth-order valence-corrected chi connectivity index (χ4v) is 3.57. The zero-order valence-electron chi connectivity index (χ0n) is 12.8. The molecule has 0 saturated carbocycles. The predicted molar refractivity (Wildman–Crippen MR) is 94.0 cm³/mol. The zero-order chi connectivity index (χ0) is 15.4. The SMILES string of the molecule is Cc1nc2ccc(CN(CCN)Cc3ccccc3)cc2s1. The first-order valence-electron chi connectivity index (χ1n) is 7.57. The molecule has 0 unspecified atom stereocenters. The Morgan fingerprint density at radius 1 is 1.05 bits per heavy atom. The number of benzene rings is 2. The van der Waals surface area contributed by atoms with Gasteiger partial charge in [0.25, 0.3) is 0 Å². The maximum absolute atomic E-state index is 5.78. The third kappa shape index (κ3) is 3.71. The molecule has 3 nitrogen and oxygen atoms in total. The van der Waals surface area contributed by atoms with E-state index in [9.17, 15) is 0 Å². The largest absolute Gasteiger partial charge is 0.329 e. The van der Waals surface area contributed by atoms with E-state index in [1.54, 1.807) is 11.3 Å². The monoisotopic (exact) mass is 311 g/mol. The van der Waals surface area contributed by atoms with E-state index in [1.165, 1.54) is 15.8 Å². The fourth-order valence-electron chi connectivity index (χ4n) is 2.68. The van der Waals surface area contributed by atoms with E-state index in [0.29, 0.717) is 6.54 Å². The molecule has 0 bridgehead atoms. The highest BCUT2D eigenvalue weighted by Gasteiger charge is 2.08. The van der Waals surface area contributed by atoms with Gasteiger partial charge >= 0.3 is 0 Å². The van der Waals surface area contributed by atoms with Crippen molar-refractivity contribution in [1.82, 2.24) is 9.88 Å². The van der Waals surface area contributed by atoms with Crippen LogP contribution in [0.4, 0.5) is 0 Å². The second kappa shape index (κ2) is 7.01. The summed E-state index contributed by atoms with van der Waals surface area (Å²) in [6, 6.07) is 17.1. The van der Waals surface area contributed by atoms with E-state index in [1.807, 2.05) is 0 Å². The highest BCUT2D eigenvalue weighted by atomic mass is 32.1. The maximum atomic E-state index is 5.78.